The topological polar surface area (TPSA) is 9.23 Å². The van der Waals surface area contributed by atoms with Gasteiger partial charge in [0.1, 0.15) is 0 Å². The Balaban J connectivity index is 1.70. The Morgan fingerprint density at radius 2 is 1.92 bits per heavy atom. The second kappa shape index (κ2) is 2.98. The fourth-order valence-electron chi connectivity index (χ4n) is 4.39. The van der Waals surface area contributed by atoms with Crippen molar-refractivity contribution in [2.75, 3.05) is 13.2 Å². The zero-order chi connectivity index (χ0) is 8.84. The van der Waals surface area contributed by atoms with Gasteiger partial charge in [0.2, 0.25) is 0 Å². The Morgan fingerprint density at radius 1 is 1.08 bits per heavy atom. The van der Waals surface area contributed by atoms with E-state index in [-0.39, 0.29) is 0 Å². The van der Waals surface area contributed by atoms with Gasteiger partial charge in [-0.3, -0.25) is 0 Å². The molecule has 4 bridgehead atoms. The Kier molecular flexibility index (Phi) is 1.90. The first-order valence-corrected chi connectivity index (χ1v) is 5.96. The molecule has 4 aliphatic rings. The lowest BCUT2D eigenvalue weighted by Gasteiger charge is -2.31. The van der Waals surface area contributed by atoms with Crippen LogP contribution in [0, 0.1) is 29.6 Å². The molecule has 74 valence electrons. The summed E-state index contributed by atoms with van der Waals surface area (Å²) in [5.74, 6) is 5.29. The van der Waals surface area contributed by atoms with Gasteiger partial charge in [0.15, 0.2) is 0 Å². The average Bonchev–Trinajstić information content (AvgIpc) is 2.53. The van der Waals surface area contributed by atoms with Crippen LogP contribution in [-0.2, 0) is 4.74 Å². The minimum atomic E-state index is 0.907. The third kappa shape index (κ3) is 1.16. The van der Waals surface area contributed by atoms with Crippen LogP contribution in [0.4, 0.5) is 0 Å². The lowest BCUT2D eigenvalue weighted by atomic mass is 9.76. The van der Waals surface area contributed by atoms with Crippen molar-refractivity contribution in [2.24, 2.45) is 29.6 Å². The summed E-state index contributed by atoms with van der Waals surface area (Å²) in [6.45, 7) is 4.09. The third-order valence-electron chi connectivity index (χ3n) is 4.76. The maximum absolute atomic E-state index is 5.62. The summed E-state index contributed by atoms with van der Waals surface area (Å²) in [4.78, 5) is 0. The highest BCUT2D eigenvalue weighted by atomic mass is 16.5. The molecule has 0 aliphatic heterocycles. The van der Waals surface area contributed by atoms with Crippen LogP contribution in [0.25, 0.3) is 0 Å². The van der Waals surface area contributed by atoms with Crippen LogP contribution in [0.3, 0.4) is 0 Å². The summed E-state index contributed by atoms with van der Waals surface area (Å²) in [6.07, 6.45) is 6.17. The van der Waals surface area contributed by atoms with Crippen molar-refractivity contribution < 1.29 is 4.74 Å². The van der Waals surface area contributed by atoms with Crippen molar-refractivity contribution in [3.05, 3.63) is 0 Å². The van der Waals surface area contributed by atoms with Crippen molar-refractivity contribution >= 4 is 0 Å². The molecule has 1 nitrogen and oxygen atoms in total. The Morgan fingerprint density at radius 3 is 2.69 bits per heavy atom. The molecule has 5 atom stereocenters. The fraction of sp³-hybridized carbons (Fsp3) is 1.00. The van der Waals surface area contributed by atoms with Crippen LogP contribution >= 0.6 is 0 Å². The lowest BCUT2D eigenvalue weighted by Crippen LogP contribution is -2.26. The first kappa shape index (κ1) is 8.28. The van der Waals surface area contributed by atoms with E-state index in [2.05, 4.69) is 6.92 Å². The summed E-state index contributed by atoms with van der Waals surface area (Å²) in [5.41, 5.74) is 0. The number of ether oxygens (including phenoxy) is 1. The van der Waals surface area contributed by atoms with Gasteiger partial charge in [-0.25, -0.2) is 0 Å². The Bertz CT molecular complexity index is 197. The first-order chi connectivity index (χ1) is 6.38. The monoisotopic (exact) mass is 180 g/mol. The van der Waals surface area contributed by atoms with Crippen LogP contribution in [0.2, 0.25) is 0 Å². The smallest absolute Gasteiger partial charge is 0.0499 e. The van der Waals surface area contributed by atoms with Gasteiger partial charge in [0.05, 0.1) is 0 Å². The molecule has 0 radical (unpaired) electrons. The quantitative estimate of drug-likeness (QED) is 0.649. The van der Waals surface area contributed by atoms with Gasteiger partial charge in [-0.1, -0.05) is 0 Å². The maximum atomic E-state index is 5.62. The van der Waals surface area contributed by atoms with E-state index in [4.69, 9.17) is 4.74 Å². The Labute approximate surface area is 80.8 Å². The summed E-state index contributed by atoms with van der Waals surface area (Å²) in [5, 5.41) is 0. The molecule has 4 aliphatic carbocycles. The zero-order valence-corrected chi connectivity index (χ0v) is 8.54. The van der Waals surface area contributed by atoms with E-state index in [1.165, 1.54) is 6.42 Å². The molecule has 0 heterocycles. The van der Waals surface area contributed by atoms with E-state index in [9.17, 15) is 0 Å². The number of hydrogen-bond donors (Lipinski definition) is 0. The van der Waals surface area contributed by atoms with Gasteiger partial charge >= 0.3 is 0 Å². The summed E-state index contributed by atoms with van der Waals surface area (Å²) < 4.78 is 5.62. The first-order valence-electron chi connectivity index (χ1n) is 5.96. The Hall–Kier alpha value is -0.0400. The summed E-state index contributed by atoms with van der Waals surface area (Å²) >= 11 is 0. The molecule has 13 heavy (non-hydrogen) atoms. The standard InChI is InChI=1S/C12H20O/c1-2-13-7-12-10-4-8-3-9(6-10)11(12)5-8/h8-12H,2-7H2,1H3/t8-,9?,10?,11?,12?/m1/s1. The highest BCUT2D eigenvalue weighted by Gasteiger charge is 2.53. The summed E-state index contributed by atoms with van der Waals surface area (Å²) in [6, 6.07) is 0. The van der Waals surface area contributed by atoms with Gasteiger partial charge in [-0.05, 0) is 62.2 Å². The van der Waals surface area contributed by atoms with Crippen molar-refractivity contribution in [3.8, 4) is 0 Å². The van der Waals surface area contributed by atoms with E-state index >= 15 is 0 Å². The van der Waals surface area contributed by atoms with E-state index in [0.29, 0.717) is 0 Å². The molecule has 0 aromatic carbocycles. The lowest BCUT2D eigenvalue weighted by molar-refractivity contribution is 0.0563. The van der Waals surface area contributed by atoms with E-state index in [0.717, 1.165) is 42.8 Å². The fourth-order valence-corrected chi connectivity index (χ4v) is 4.39. The predicted octanol–water partition coefficient (Wildman–Crippen LogP) is 2.71. The molecule has 0 saturated heterocycles. The van der Waals surface area contributed by atoms with Gasteiger partial charge in [0.25, 0.3) is 0 Å². The average molecular weight is 180 g/mol. The van der Waals surface area contributed by atoms with Crippen molar-refractivity contribution in [1.29, 1.82) is 0 Å². The molecule has 4 unspecified atom stereocenters. The molecule has 0 amide bonds. The van der Waals surface area contributed by atoms with E-state index in [1.807, 2.05) is 0 Å². The number of rotatable bonds is 3. The van der Waals surface area contributed by atoms with Crippen LogP contribution in [0.5, 0.6) is 0 Å². The largest absolute Gasteiger partial charge is 0.381 e. The van der Waals surface area contributed by atoms with Gasteiger partial charge in [-0.2, -0.15) is 0 Å². The molecule has 1 heteroatoms. The second-order valence-corrected chi connectivity index (χ2v) is 5.32. The second-order valence-electron chi connectivity index (χ2n) is 5.32. The molecule has 4 saturated carbocycles. The van der Waals surface area contributed by atoms with Crippen molar-refractivity contribution in [1.82, 2.24) is 0 Å². The molecule has 0 aromatic heterocycles. The van der Waals surface area contributed by atoms with Crippen LogP contribution in [0.15, 0.2) is 0 Å². The van der Waals surface area contributed by atoms with Gasteiger partial charge < -0.3 is 4.74 Å². The molecular weight excluding hydrogens is 160 g/mol. The van der Waals surface area contributed by atoms with Crippen molar-refractivity contribution in [3.63, 3.8) is 0 Å². The van der Waals surface area contributed by atoms with Crippen LogP contribution < -0.4 is 0 Å². The molecule has 0 aromatic rings. The normalized spacial score (nSPS) is 51.9. The zero-order valence-electron chi connectivity index (χ0n) is 8.54. The highest BCUT2D eigenvalue weighted by Crippen LogP contribution is 2.60. The number of hydrogen-bond acceptors (Lipinski definition) is 1. The summed E-state index contributed by atoms with van der Waals surface area (Å²) in [7, 11) is 0. The minimum absolute atomic E-state index is 0.907. The molecule has 4 fully saturated rings. The molecule has 0 spiro atoms. The van der Waals surface area contributed by atoms with Crippen LogP contribution in [-0.4, -0.2) is 13.2 Å². The molecule has 4 rings (SSSR count). The van der Waals surface area contributed by atoms with E-state index in [1.54, 1.807) is 19.3 Å². The third-order valence-corrected chi connectivity index (χ3v) is 4.76. The highest BCUT2D eigenvalue weighted by molar-refractivity contribution is 5.02. The van der Waals surface area contributed by atoms with Gasteiger partial charge in [-0.15, -0.1) is 0 Å². The minimum Gasteiger partial charge on any atom is -0.381 e. The van der Waals surface area contributed by atoms with Crippen LogP contribution in [0.1, 0.15) is 32.6 Å². The van der Waals surface area contributed by atoms with Crippen molar-refractivity contribution in [2.45, 2.75) is 32.6 Å². The molecular formula is C12H20O. The predicted molar refractivity (Wildman–Crippen MR) is 52.4 cm³/mol. The van der Waals surface area contributed by atoms with Gasteiger partial charge in [0, 0.05) is 13.2 Å². The molecule has 0 N–H and O–H groups in total. The van der Waals surface area contributed by atoms with E-state index < -0.39 is 0 Å². The SMILES string of the molecule is CCOCC1C2CC3C[C@H](C2)CC31. The maximum Gasteiger partial charge on any atom is 0.0499 e.